The molecule has 0 spiro atoms. The summed E-state index contributed by atoms with van der Waals surface area (Å²) in [6.45, 7) is 13.8. The Kier molecular flexibility index (Phi) is 26.1. The summed E-state index contributed by atoms with van der Waals surface area (Å²) in [5.74, 6) is 2.38. The van der Waals surface area contributed by atoms with Crippen molar-refractivity contribution in [3.05, 3.63) is 11.6 Å². The molecule has 0 fully saturated rings. The van der Waals surface area contributed by atoms with E-state index in [1.54, 1.807) is 6.08 Å². The number of carbonyl (C=O) groups excluding carboxylic acids is 1. The molecule has 0 aliphatic heterocycles. The monoisotopic (exact) mass is 535 g/mol. The largest absolute Gasteiger partial charge is 0.385 e. The first-order valence-electron chi connectivity index (χ1n) is 17.1. The highest BCUT2D eigenvalue weighted by molar-refractivity contribution is 5.93. The standard InChI is InChI=1S/C36H70O2/c1-7-8-9-10-11-12-13-14-15-16-17-18-19-29-35(37)36(38)30-34(6)28-22-27-33(5)26-21-25-32(4)24-20-23-31(2)3/h30-33,35,37H,7-29H2,1-6H3. The average molecular weight is 535 g/mol. The second-order valence-corrected chi connectivity index (χ2v) is 13.3. The summed E-state index contributed by atoms with van der Waals surface area (Å²) in [5.41, 5.74) is 1.13. The number of hydrogen-bond donors (Lipinski definition) is 1. The summed E-state index contributed by atoms with van der Waals surface area (Å²) in [6, 6.07) is 0. The number of aliphatic hydroxyl groups excluding tert-OH is 1. The highest BCUT2D eigenvalue weighted by Crippen LogP contribution is 2.22. The van der Waals surface area contributed by atoms with Gasteiger partial charge in [-0.15, -0.1) is 0 Å². The molecule has 0 bridgehead atoms. The first-order valence-corrected chi connectivity index (χ1v) is 17.1. The van der Waals surface area contributed by atoms with Gasteiger partial charge in [0.2, 0.25) is 0 Å². The first-order chi connectivity index (χ1) is 18.3. The van der Waals surface area contributed by atoms with Gasteiger partial charge < -0.3 is 5.11 Å². The molecular formula is C36H70O2. The van der Waals surface area contributed by atoms with Crippen LogP contribution in [-0.2, 0) is 4.79 Å². The third-order valence-electron chi connectivity index (χ3n) is 8.44. The fourth-order valence-electron chi connectivity index (χ4n) is 5.62. The van der Waals surface area contributed by atoms with Crippen molar-refractivity contribution in [1.29, 1.82) is 0 Å². The van der Waals surface area contributed by atoms with Crippen molar-refractivity contribution in [2.75, 3.05) is 0 Å². The Labute approximate surface area is 240 Å². The molecule has 0 radical (unpaired) electrons. The van der Waals surface area contributed by atoms with E-state index in [0.717, 1.165) is 49.0 Å². The molecule has 0 amide bonds. The van der Waals surface area contributed by atoms with Crippen LogP contribution in [0.5, 0.6) is 0 Å². The lowest BCUT2D eigenvalue weighted by molar-refractivity contribution is -0.122. The Morgan fingerprint density at radius 2 is 1.00 bits per heavy atom. The van der Waals surface area contributed by atoms with Crippen LogP contribution in [-0.4, -0.2) is 17.0 Å². The van der Waals surface area contributed by atoms with E-state index >= 15 is 0 Å². The third kappa shape index (κ3) is 25.6. The van der Waals surface area contributed by atoms with Crippen molar-refractivity contribution in [2.45, 2.75) is 195 Å². The van der Waals surface area contributed by atoms with Crippen LogP contribution < -0.4 is 0 Å². The van der Waals surface area contributed by atoms with Gasteiger partial charge >= 0.3 is 0 Å². The molecule has 0 heterocycles. The van der Waals surface area contributed by atoms with Crippen LogP contribution in [0.2, 0.25) is 0 Å². The highest BCUT2D eigenvalue weighted by Gasteiger charge is 2.13. The summed E-state index contributed by atoms with van der Waals surface area (Å²) in [4.78, 5) is 12.4. The maximum atomic E-state index is 12.4. The number of allylic oxidation sites excluding steroid dienone is 1. The van der Waals surface area contributed by atoms with E-state index in [1.165, 1.54) is 116 Å². The van der Waals surface area contributed by atoms with Gasteiger partial charge in [0.25, 0.3) is 0 Å². The fraction of sp³-hybridized carbons (Fsp3) is 0.917. The molecule has 3 unspecified atom stereocenters. The van der Waals surface area contributed by atoms with Crippen molar-refractivity contribution >= 4 is 5.78 Å². The number of aliphatic hydroxyl groups is 1. The predicted molar refractivity (Wildman–Crippen MR) is 170 cm³/mol. The summed E-state index contributed by atoms with van der Waals surface area (Å²) in [7, 11) is 0. The second kappa shape index (κ2) is 26.6. The summed E-state index contributed by atoms with van der Waals surface area (Å²) in [5, 5.41) is 10.3. The molecule has 0 aromatic rings. The third-order valence-corrected chi connectivity index (χ3v) is 8.44. The fourth-order valence-corrected chi connectivity index (χ4v) is 5.62. The molecule has 38 heavy (non-hydrogen) atoms. The highest BCUT2D eigenvalue weighted by atomic mass is 16.3. The van der Waals surface area contributed by atoms with Gasteiger partial charge in [-0.3, -0.25) is 4.79 Å². The molecule has 0 aliphatic carbocycles. The van der Waals surface area contributed by atoms with Gasteiger partial charge in [0, 0.05) is 0 Å². The van der Waals surface area contributed by atoms with E-state index in [-0.39, 0.29) is 5.78 Å². The molecule has 0 aliphatic rings. The Balaban J connectivity index is 3.73. The summed E-state index contributed by atoms with van der Waals surface area (Å²) in [6.07, 6.45) is 30.2. The van der Waals surface area contributed by atoms with Crippen LogP contribution in [0.25, 0.3) is 0 Å². The SMILES string of the molecule is CCCCCCCCCCCCCCCC(O)C(=O)C=C(C)CCCC(C)CCCC(C)CCCC(C)C. The molecule has 0 saturated heterocycles. The predicted octanol–water partition coefficient (Wildman–Crippen LogP) is 11.8. The van der Waals surface area contributed by atoms with Gasteiger partial charge in [-0.1, -0.05) is 169 Å². The Morgan fingerprint density at radius 1 is 0.579 bits per heavy atom. The molecule has 0 rings (SSSR count). The van der Waals surface area contributed by atoms with E-state index in [0.29, 0.717) is 6.42 Å². The molecule has 0 aromatic heterocycles. The van der Waals surface area contributed by atoms with E-state index < -0.39 is 6.10 Å². The number of rotatable bonds is 28. The second-order valence-electron chi connectivity index (χ2n) is 13.3. The molecule has 2 nitrogen and oxygen atoms in total. The lowest BCUT2D eigenvalue weighted by atomic mass is 9.91. The number of hydrogen-bond acceptors (Lipinski definition) is 2. The Bertz CT molecular complexity index is 550. The van der Waals surface area contributed by atoms with E-state index in [9.17, 15) is 9.90 Å². The lowest BCUT2D eigenvalue weighted by Crippen LogP contribution is -2.18. The van der Waals surface area contributed by atoms with Crippen molar-refractivity contribution in [2.24, 2.45) is 17.8 Å². The van der Waals surface area contributed by atoms with Crippen LogP contribution in [0.15, 0.2) is 11.6 Å². The van der Waals surface area contributed by atoms with Gasteiger partial charge in [-0.2, -0.15) is 0 Å². The number of unbranched alkanes of at least 4 members (excludes halogenated alkanes) is 12. The smallest absolute Gasteiger partial charge is 0.184 e. The number of ketones is 1. The zero-order valence-corrected chi connectivity index (χ0v) is 27.0. The van der Waals surface area contributed by atoms with Crippen molar-refractivity contribution < 1.29 is 9.90 Å². The summed E-state index contributed by atoms with van der Waals surface area (Å²) >= 11 is 0. The molecule has 2 heteroatoms. The summed E-state index contributed by atoms with van der Waals surface area (Å²) < 4.78 is 0. The molecule has 0 saturated carbocycles. The van der Waals surface area contributed by atoms with E-state index in [2.05, 4.69) is 41.5 Å². The van der Waals surface area contributed by atoms with E-state index in [1.807, 2.05) is 0 Å². The van der Waals surface area contributed by atoms with Gasteiger partial charge in [0.1, 0.15) is 6.10 Å². The minimum Gasteiger partial charge on any atom is -0.385 e. The van der Waals surface area contributed by atoms with Gasteiger partial charge in [0.15, 0.2) is 5.78 Å². The zero-order valence-electron chi connectivity index (χ0n) is 27.0. The normalized spacial score (nSPS) is 14.7. The Morgan fingerprint density at radius 3 is 1.47 bits per heavy atom. The van der Waals surface area contributed by atoms with Crippen LogP contribution >= 0.6 is 0 Å². The van der Waals surface area contributed by atoms with Crippen LogP contribution in [0.1, 0.15) is 189 Å². The molecule has 0 aromatic carbocycles. The van der Waals surface area contributed by atoms with Crippen LogP contribution in [0.3, 0.4) is 0 Å². The molecule has 226 valence electrons. The maximum Gasteiger partial charge on any atom is 0.184 e. The van der Waals surface area contributed by atoms with Gasteiger partial charge in [-0.05, 0) is 50.0 Å². The van der Waals surface area contributed by atoms with Crippen LogP contribution in [0, 0.1) is 17.8 Å². The van der Waals surface area contributed by atoms with Crippen LogP contribution in [0.4, 0.5) is 0 Å². The quantitative estimate of drug-likeness (QED) is 0.0800. The minimum absolute atomic E-state index is 0.0825. The van der Waals surface area contributed by atoms with Gasteiger partial charge in [-0.25, -0.2) is 0 Å². The first kappa shape index (κ1) is 37.4. The zero-order chi connectivity index (χ0) is 28.4. The molecule has 1 N–H and O–H groups in total. The average Bonchev–Trinajstić information content (AvgIpc) is 2.86. The van der Waals surface area contributed by atoms with Gasteiger partial charge in [0.05, 0.1) is 0 Å². The van der Waals surface area contributed by atoms with Crippen molar-refractivity contribution in [3.63, 3.8) is 0 Å². The molecule has 3 atom stereocenters. The van der Waals surface area contributed by atoms with Crippen molar-refractivity contribution in [1.82, 2.24) is 0 Å². The lowest BCUT2D eigenvalue weighted by Gasteiger charge is -2.15. The topological polar surface area (TPSA) is 37.3 Å². The number of carbonyl (C=O) groups is 1. The Hall–Kier alpha value is -0.630. The van der Waals surface area contributed by atoms with Crippen molar-refractivity contribution in [3.8, 4) is 0 Å². The minimum atomic E-state index is -0.806. The van der Waals surface area contributed by atoms with E-state index in [4.69, 9.17) is 0 Å². The maximum absolute atomic E-state index is 12.4. The molecular weight excluding hydrogens is 464 g/mol.